The summed E-state index contributed by atoms with van der Waals surface area (Å²) in [6, 6.07) is 11.2. The molecule has 0 spiro atoms. The zero-order valence-corrected chi connectivity index (χ0v) is 25.6. The molecule has 1 unspecified atom stereocenters. The lowest BCUT2D eigenvalue weighted by Gasteiger charge is -2.33. The van der Waals surface area contributed by atoms with Crippen LogP contribution in [0.25, 0.3) is 0 Å². The van der Waals surface area contributed by atoms with Crippen LogP contribution in [0.4, 0.5) is 18.0 Å². The first-order valence-corrected chi connectivity index (χ1v) is 14.5. The molecule has 0 saturated carbocycles. The fourth-order valence-corrected chi connectivity index (χ4v) is 4.72. The van der Waals surface area contributed by atoms with Crippen molar-refractivity contribution in [1.29, 1.82) is 0 Å². The van der Waals surface area contributed by atoms with E-state index in [1.54, 1.807) is 39.8 Å². The summed E-state index contributed by atoms with van der Waals surface area (Å²) in [5, 5.41) is 5.25. The fraction of sp³-hybridized carbons (Fsp3) is 0.500. The van der Waals surface area contributed by atoms with Crippen molar-refractivity contribution in [3.8, 4) is 0 Å². The summed E-state index contributed by atoms with van der Waals surface area (Å²) in [6.07, 6.45) is -4.52. The van der Waals surface area contributed by atoms with Crippen LogP contribution in [-0.4, -0.2) is 58.5 Å². The third-order valence-corrected chi connectivity index (χ3v) is 7.34. The lowest BCUT2D eigenvalue weighted by molar-refractivity contribution is -0.155. The molecule has 1 fully saturated rings. The summed E-state index contributed by atoms with van der Waals surface area (Å²) in [5.74, 6) is -1.88. The molecule has 1 aliphatic heterocycles. The van der Waals surface area contributed by atoms with Gasteiger partial charge in [0.1, 0.15) is 29.8 Å². The van der Waals surface area contributed by atoms with Gasteiger partial charge in [0, 0.05) is 13.0 Å². The molecule has 1 aliphatic rings. The Hall–Kier alpha value is -4.09. The van der Waals surface area contributed by atoms with Crippen LogP contribution in [0.2, 0.25) is 0 Å². The molecule has 2 aromatic carbocycles. The molecule has 240 valence electrons. The van der Waals surface area contributed by atoms with E-state index in [1.165, 1.54) is 24.0 Å². The van der Waals surface area contributed by atoms with E-state index in [9.17, 15) is 32.3 Å². The van der Waals surface area contributed by atoms with Crippen LogP contribution in [0.1, 0.15) is 70.6 Å². The average molecular weight is 620 g/mol. The van der Waals surface area contributed by atoms with Crippen LogP contribution >= 0.6 is 0 Å². The lowest BCUT2D eigenvalue weighted by atomic mass is 9.96. The number of benzene rings is 2. The van der Waals surface area contributed by atoms with Gasteiger partial charge in [-0.25, -0.2) is 9.59 Å². The molecule has 1 heterocycles. The Bertz CT molecular complexity index is 1310. The molecule has 2 N–H and O–H groups in total. The highest BCUT2D eigenvalue weighted by Gasteiger charge is 2.41. The first-order valence-electron chi connectivity index (χ1n) is 14.5. The van der Waals surface area contributed by atoms with Gasteiger partial charge in [-0.2, -0.15) is 13.2 Å². The second-order valence-corrected chi connectivity index (χ2v) is 12.0. The van der Waals surface area contributed by atoms with Crippen LogP contribution in [0.15, 0.2) is 54.6 Å². The van der Waals surface area contributed by atoms with E-state index in [0.717, 1.165) is 17.7 Å². The molecule has 3 rings (SSSR count). The van der Waals surface area contributed by atoms with Crippen LogP contribution in [-0.2, 0) is 43.1 Å². The minimum absolute atomic E-state index is 0.0229. The minimum Gasteiger partial charge on any atom is -0.459 e. The number of alkyl carbamates (subject to hydrolysis) is 1. The Morgan fingerprint density at radius 2 is 1.59 bits per heavy atom. The molecule has 9 nitrogen and oxygen atoms in total. The van der Waals surface area contributed by atoms with Gasteiger partial charge < -0.3 is 25.0 Å². The summed E-state index contributed by atoms with van der Waals surface area (Å²) >= 11 is 0. The third-order valence-electron chi connectivity index (χ3n) is 7.34. The largest absolute Gasteiger partial charge is 0.459 e. The number of carbonyl (C=O) groups is 4. The van der Waals surface area contributed by atoms with Crippen molar-refractivity contribution in [2.45, 2.75) is 96.3 Å². The maximum absolute atomic E-state index is 13.9. The molecule has 12 heteroatoms. The Morgan fingerprint density at radius 3 is 2.16 bits per heavy atom. The van der Waals surface area contributed by atoms with Gasteiger partial charge in [0.25, 0.3) is 0 Å². The number of amides is 3. The Morgan fingerprint density at radius 1 is 0.955 bits per heavy atom. The number of esters is 1. The summed E-state index contributed by atoms with van der Waals surface area (Å²) < 4.78 is 50.2. The number of nitrogens with zero attached hydrogens (tertiary/aromatic N) is 1. The van der Waals surface area contributed by atoms with Crippen molar-refractivity contribution in [1.82, 2.24) is 15.5 Å². The first kappa shape index (κ1) is 34.4. The number of rotatable bonds is 10. The quantitative estimate of drug-likeness (QED) is 0.355. The van der Waals surface area contributed by atoms with E-state index >= 15 is 0 Å². The SMILES string of the molecule is CC[C@](C)(NC(=O)OC(C)(C)C)C(=O)NC(Cc1ccc(C(F)(F)F)cc1)C(=O)N1CCC[C@@H]1C(=O)OCc1ccccc1. The molecule has 0 aromatic heterocycles. The van der Waals surface area contributed by atoms with Gasteiger partial charge in [0.2, 0.25) is 11.8 Å². The Kier molecular flexibility index (Phi) is 11.0. The second kappa shape index (κ2) is 14.1. The lowest BCUT2D eigenvalue weighted by Crippen LogP contribution is -2.61. The second-order valence-electron chi connectivity index (χ2n) is 12.0. The van der Waals surface area contributed by atoms with Gasteiger partial charge in [0.15, 0.2) is 0 Å². The number of halogens is 3. The van der Waals surface area contributed by atoms with E-state index in [0.29, 0.717) is 18.4 Å². The predicted molar refractivity (Wildman–Crippen MR) is 156 cm³/mol. The van der Waals surface area contributed by atoms with E-state index in [-0.39, 0.29) is 26.0 Å². The van der Waals surface area contributed by atoms with Crippen LogP contribution < -0.4 is 10.6 Å². The normalized spacial score (nSPS) is 17.3. The van der Waals surface area contributed by atoms with E-state index in [1.807, 2.05) is 18.2 Å². The average Bonchev–Trinajstić information content (AvgIpc) is 3.44. The number of nitrogens with one attached hydrogen (secondary N) is 2. The van der Waals surface area contributed by atoms with Crippen molar-refractivity contribution in [3.05, 3.63) is 71.3 Å². The van der Waals surface area contributed by atoms with Crippen molar-refractivity contribution < 1.29 is 41.8 Å². The smallest absolute Gasteiger partial charge is 0.416 e. The van der Waals surface area contributed by atoms with Crippen molar-refractivity contribution in [3.63, 3.8) is 0 Å². The molecule has 0 bridgehead atoms. The molecular weight excluding hydrogens is 579 g/mol. The van der Waals surface area contributed by atoms with E-state index in [2.05, 4.69) is 10.6 Å². The van der Waals surface area contributed by atoms with Gasteiger partial charge in [0.05, 0.1) is 5.56 Å². The number of carbonyl (C=O) groups excluding carboxylic acids is 4. The molecule has 2 aromatic rings. The summed E-state index contributed by atoms with van der Waals surface area (Å²) in [6.45, 7) is 8.41. The molecule has 0 radical (unpaired) electrons. The monoisotopic (exact) mass is 619 g/mol. The molecular formula is C32H40F3N3O6. The molecule has 3 atom stereocenters. The van der Waals surface area contributed by atoms with Crippen LogP contribution in [0.5, 0.6) is 0 Å². The van der Waals surface area contributed by atoms with Crippen LogP contribution in [0, 0.1) is 0 Å². The van der Waals surface area contributed by atoms with Gasteiger partial charge in [-0.05, 0) is 70.2 Å². The number of hydrogen-bond donors (Lipinski definition) is 2. The maximum Gasteiger partial charge on any atom is 0.416 e. The van der Waals surface area contributed by atoms with Gasteiger partial charge in [-0.15, -0.1) is 0 Å². The first-order chi connectivity index (χ1) is 20.5. The minimum atomic E-state index is -4.54. The number of hydrogen-bond acceptors (Lipinski definition) is 6. The molecule has 3 amide bonds. The zero-order chi connectivity index (χ0) is 32.7. The van der Waals surface area contributed by atoms with Gasteiger partial charge >= 0.3 is 18.2 Å². The molecule has 1 saturated heterocycles. The summed E-state index contributed by atoms with van der Waals surface area (Å²) in [4.78, 5) is 54.4. The standard InChI is InChI=1S/C32H40F3N3O6/c1-6-31(5,37-29(42)44-30(2,3)4)28(41)36-24(19-21-14-16-23(17-15-21)32(33,34)35)26(39)38-18-10-13-25(38)27(40)43-20-22-11-8-7-9-12-22/h7-9,11-12,14-17,24-25H,6,10,13,18-20H2,1-5H3,(H,36,41)(H,37,42)/t24?,25-,31+/m1/s1. The van der Waals surface area contributed by atoms with Crippen LogP contribution in [0.3, 0.4) is 0 Å². The third kappa shape index (κ3) is 9.45. The highest BCUT2D eigenvalue weighted by Crippen LogP contribution is 2.29. The maximum atomic E-state index is 13.9. The Balaban J connectivity index is 1.83. The Labute approximate surface area is 255 Å². The van der Waals surface area contributed by atoms with Crippen molar-refractivity contribution >= 4 is 23.9 Å². The summed E-state index contributed by atoms with van der Waals surface area (Å²) in [7, 11) is 0. The topological polar surface area (TPSA) is 114 Å². The van der Waals surface area contributed by atoms with Crippen molar-refractivity contribution in [2.24, 2.45) is 0 Å². The van der Waals surface area contributed by atoms with E-state index in [4.69, 9.17) is 9.47 Å². The zero-order valence-electron chi connectivity index (χ0n) is 25.6. The predicted octanol–water partition coefficient (Wildman–Crippen LogP) is 5.16. The summed E-state index contributed by atoms with van der Waals surface area (Å²) in [5.41, 5.74) is -2.03. The van der Waals surface area contributed by atoms with Crippen molar-refractivity contribution in [2.75, 3.05) is 6.54 Å². The number of ether oxygens (including phenoxy) is 2. The molecule has 0 aliphatic carbocycles. The van der Waals surface area contributed by atoms with Gasteiger partial charge in [-0.1, -0.05) is 49.4 Å². The highest BCUT2D eigenvalue weighted by atomic mass is 19.4. The van der Waals surface area contributed by atoms with Gasteiger partial charge in [-0.3, -0.25) is 9.59 Å². The van der Waals surface area contributed by atoms with E-state index < -0.39 is 58.8 Å². The highest BCUT2D eigenvalue weighted by molar-refractivity contribution is 5.95. The number of likely N-dealkylation sites (tertiary alicyclic amines) is 1. The molecule has 44 heavy (non-hydrogen) atoms. The number of alkyl halides is 3. The fourth-order valence-electron chi connectivity index (χ4n) is 4.72.